The first kappa shape index (κ1) is 17.5. The minimum atomic E-state index is -0.645. The number of carbonyl (C=O) groups excluding carboxylic acids is 1. The van der Waals surface area contributed by atoms with Gasteiger partial charge in [0.15, 0.2) is 5.58 Å². The Morgan fingerprint density at radius 1 is 1.48 bits per heavy atom. The first-order chi connectivity index (χ1) is 13.0. The quantitative estimate of drug-likeness (QED) is 0.686. The van der Waals surface area contributed by atoms with E-state index >= 15 is 0 Å². The third-order valence-corrected chi connectivity index (χ3v) is 4.84. The normalized spacial score (nSPS) is 16.9. The second-order valence-corrected chi connectivity index (χ2v) is 6.81. The third kappa shape index (κ3) is 3.06. The first-order valence-corrected chi connectivity index (χ1v) is 8.86. The van der Waals surface area contributed by atoms with Crippen LogP contribution in [0.1, 0.15) is 37.1 Å². The molecule has 9 heteroatoms. The summed E-state index contributed by atoms with van der Waals surface area (Å²) >= 11 is 5.98. The van der Waals surface area contributed by atoms with Gasteiger partial charge in [0, 0.05) is 11.4 Å². The molecule has 0 amide bonds. The molecule has 1 aliphatic rings. The maximum Gasteiger partial charge on any atom is 0.329 e. The van der Waals surface area contributed by atoms with Gasteiger partial charge in [-0.05, 0) is 31.5 Å². The highest BCUT2D eigenvalue weighted by Gasteiger charge is 2.32. The molecule has 0 bridgehead atoms. The fourth-order valence-corrected chi connectivity index (χ4v) is 3.43. The van der Waals surface area contributed by atoms with Crippen LogP contribution in [-0.4, -0.2) is 27.6 Å². The lowest BCUT2D eigenvalue weighted by atomic mass is 10.2. The second-order valence-electron chi connectivity index (χ2n) is 6.37. The third-order valence-electron chi connectivity index (χ3n) is 4.60. The summed E-state index contributed by atoms with van der Waals surface area (Å²) in [5, 5.41) is 3.64. The van der Waals surface area contributed by atoms with E-state index in [1.54, 1.807) is 18.2 Å². The van der Waals surface area contributed by atoms with Crippen LogP contribution in [0.4, 0.5) is 5.69 Å². The van der Waals surface area contributed by atoms with Gasteiger partial charge in [-0.3, -0.25) is 9.36 Å². The van der Waals surface area contributed by atoms with Gasteiger partial charge in [0.2, 0.25) is 5.89 Å². The number of aromatic nitrogens is 3. The molecule has 0 saturated carbocycles. The van der Waals surface area contributed by atoms with Gasteiger partial charge in [0.1, 0.15) is 29.1 Å². The number of rotatable bonds is 4. The highest BCUT2D eigenvalue weighted by atomic mass is 35.5. The highest BCUT2D eigenvalue weighted by Crippen LogP contribution is 2.26. The monoisotopic (exact) mass is 388 g/mol. The summed E-state index contributed by atoms with van der Waals surface area (Å²) in [5.74, 6) is 0.547. The van der Waals surface area contributed by atoms with Gasteiger partial charge < -0.3 is 14.5 Å². The van der Waals surface area contributed by atoms with Crippen LogP contribution < -0.4 is 10.9 Å². The van der Waals surface area contributed by atoms with E-state index < -0.39 is 12.0 Å². The minimum Gasteiger partial charge on any atom is -0.467 e. The van der Waals surface area contributed by atoms with Gasteiger partial charge in [-0.15, -0.1) is 0 Å². The number of hydrogen-bond acceptors (Lipinski definition) is 7. The number of ether oxygens (including phenoxy) is 1. The van der Waals surface area contributed by atoms with Crippen LogP contribution in [0, 0.1) is 0 Å². The molecule has 4 rings (SSSR count). The van der Waals surface area contributed by atoms with Crippen molar-refractivity contribution in [2.24, 2.45) is 0 Å². The van der Waals surface area contributed by atoms with Gasteiger partial charge >= 0.3 is 5.97 Å². The van der Waals surface area contributed by atoms with Crippen LogP contribution in [0.5, 0.6) is 0 Å². The summed E-state index contributed by atoms with van der Waals surface area (Å²) in [4.78, 5) is 33.5. The number of methoxy groups -OCH3 is 1. The molecule has 8 nitrogen and oxygen atoms in total. The summed E-state index contributed by atoms with van der Waals surface area (Å²) < 4.78 is 11.9. The number of anilines is 1. The predicted octanol–water partition coefficient (Wildman–Crippen LogP) is 2.87. The number of nitrogens with one attached hydrogen (secondary N) is 1. The Bertz CT molecular complexity index is 1090. The number of halogens is 1. The number of esters is 1. The molecule has 1 N–H and O–H groups in total. The largest absolute Gasteiger partial charge is 0.467 e. The summed E-state index contributed by atoms with van der Waals surface area (Å²) in [7, 11) is 1.31. The Balaban J connectivity index is 1.64. The van der Waals surface area contributed by atoms with E-state index in [2.05, 4.69) is 15.3 Å². The summed E-state index contributed by atoms with van der Waals surface area (Å²) in [6.07, 6.45) is 2.53. The van der Waals surface area contributed by atoms with Gasteiger partial charge in [0.25, 0.3) is 5.56 Å². The van der Waals surface area contributed by atoms with Crippen molar-refractivity contribution in [2.75, 3.05) is 12.4 Å². The SMILES string of the molecule is COC(=O)[C@@H]1CCc2ncc(NC(C)c3nc4cc(Cl)ccc4o3)c(=O)n21. The molecule has 1 aromatic carbocycles. The topological polar surface area (TPSA) is 99.2 Å². The molecule has 2 atom stereocenters. The zero-order valence-corrected chi connectivity index (χ0v) is 15.5. The van der Waals surface area contributed by atoms with Gasteiger partial charge in [-0.2, -0.15) is 0 Å². The van der Waals surface area contributed by atoms with Gasteiger partial charge in [-0.25, -0.2) is 14.8 Å². The Labute approximate surface area is 159 Å². The van der Waals surface area contributed by atoms with Crippen LogP contribution in [0.2, 0.25) is 5.02 Å². The lowest BCUT2D eigenvalue weighted by molar-refractivity contribution is -0.144. The molecule has 1 aliphatic heterocycles. The fraction of sp³-hybridized carbons (Fsp3) is 0.333. The van der Waals surface area contributed by atoms with Crippen LogP contribution in [0.3, 0.4) is 0 Å². The summed E-state index contributed by atoms with van der Waals surface area (Å²) in [6.45, 7) is 1.82. The maximum atomic E-state index is 12.9. The lowest BCUT2D eigenvalue weighted by Crippen LogP contribution is -2.31. The fourth-order valence-electron chi connectivity index (χ4n) is 3.26. The average Bonchev–Trinajstić information content (AvgIpc) is 3.27. The molecule has 0 spiro atoms. The molecule has 3 aromatic rings. The number of nitrogens with zero attached hydrogens (tertiary/aromatic N) is 3. The number of carbonyl (C=O) groups is 1. The number of hydrogen-bond donors (Lipinski definition) is 1. The van der Waals surface area contributed by atoms with Crippen LogP contribution in [0.25, 0.3) is 11.1 Å². The Morgan fingerprint density at radius 3 is 3.07 bits per heavy atom. The molecular formula is C18H17ClN4O4. The summed E-state index contributed by atoms with van der Waals surface area (Å²) in [5.41, 5.74) is 1.19. The van der Waals surface area contributed by atoms with Crippen molar-refractivity contribution in [2.45, 2.75) is 31.8 Å². The smallest absolute Gasteiger partial charge is 0.329 e. The van der Waals surface area contributed by atoms with Crippen molar-refractivity contribution in [3.05, 3.63) is 51.5 Å². The van der Waals surface area contributed by atoms with Crippen molar-refractivity contribution < 1.29 is 13.9 Å². The van der Waals surface area contributed by atoms with E-state index in [1.807, 2.05) is 6.92 Å². The molecule has 0 fully saturated rings. The summed E-state index contributed by atoms with van der Waals surface area (Å²) in [6, 6.07) is 4.15. The molecular weight excluding hydrogens is 372 g/mol. The molecule has 1 unspecified atom stereocenters. The van der Waals surface area contributed by atoms with E-state index in [0.717, 1.165) is 0 Å². The maximum absolute atomic E-state index is 12.9. The predicted molar refractivity (Wildman–Crippen MR) is 98.9 cm³/mol. The molecule has 0 aliphatic carbocycles. The zero-order chi connectivity index (χ0) is 19.1. The highest BCUT2D eigenvalue weighted by molar-refractivity contribution is 6.31. The standard InChI is InChI=1S/C18H17ClN4O4/c1-9(16-22-11-7-10(19)3-5-14(11)27-16)21-12-8-20-15-6-4-13(18(25)26-2)23(15)17(12)24/h3,5,7-9,13,21H,4,6H2,1-2H3/t9?,13-/m0/s1. The van der Waals surface area contributed by atoms with Crippen molar-refractivity contribution in [3.8, 4) is 0 Å². The molecule has 3 heterocycles. The lowest BCUT2D eigenvalue weighted by Gasteiger charge is -2.15. The molecule has 2 aromatic heterocycles. The van der Waals surface area contributed by atoms with Crippen LogP contribution in [0.15, 0.2) is 33.6 Å². The Hall–Kier alpha value is -2.87. The van der Waals surface area contributed by atoms with Gasteiger partial charge in [0.05, 0.1) is 13.3 Å². The van der Waals surface area contributed by atoms with E-state index in [1.165, 1.54) is 17.9 Å². The number of aryl methyl sites for hydroxylation is 1. The number of fused-ring (bicyclic) bond motifs is 2. The number of benzene rings is 1. The Morgan fingerprint density at radius 2 is 2.30 bits per heavy atom. The van der Waals surface area contributed by atoms with E-state index in [9.17, 15) is 9.59 Å². The van der Waals surface area contributed by atoms with Crippen LogP contribution in [-0.2, 0) is 16.0 Å². The van der Waals surface area contributed by atoms with Crippen molar-refractivity contribution in [3.63, 3.8) is 0 Å². The van der Waals surface area contributed by atoms with E-state index in [0.29, 0.717) is 40.7 Å². The Kier molecular flexibility index (Phi) is 4.35. The number of oxazole rings is 1. The van der Waals surface area contributed by atoms with Gasteiger partial charge in [-0.1, -0.05) is 11.6 Å². The van der Waals surface area contributed by atoms with E-state index in [-0.39, 0.29) is 17.3 Å². The molecule has 27 heavy (non-hydrogen) atoms. The molecule has 140 valence electrons. The van der Waals surface area contributed by atoms with Crippen molar-refractivity contribution >= 4 is 34.4 Å². The van der Waals surface area contributed by atoms with E-state index in [4.69, 9.17) is 20.8 Å². The minimum absolute atomic E-state index is 0.266. The average molecular weight is 389 g/mol. The molecule has 0 radical (unpaired) electrons. The van der Waals surface area contributed by atoms with Crippen LogP contribution >= 0.6 is 11.6 Å². The first-order valence-electron chi connectivity index (χ1n) is 8.48. The molecule has 0 saturated heterocycles. The van der Waals surface area contributed by atoms with Crippen molar-refractivity contribution in [1.29, 1.82) is 0 Å². The second kappa shape index (κ2) is 6.70. The zero-order valence-electron chi connectivity index (χ0n) is 14.7. The van der Waals surface area contributed by atoms with Crippen molar-refractivity contribution in [1.82, 2.24) is 14.5 Å².